The van der Waals surface area contributed by atoms with E-state index < -0.39 is 0 Å². The summed E-state index contributed by atoms with van der Waals surface area (Å²) in [5.74, 6) is 3.36. The Kier molecular flexibility index (Phi) is 5.09. The first-order chi connectivity index (χ1) is 11.5. The van der Waals surface area contributed by atoms with Crippen LogP contribution in [0.4, 0.5) is 11.6 Å². The van der Waals surface area contributed by atoms with Crippen molar-refractivity contribution in [2.75, 3.05) is 25.5 Å². The Morgan fingerprint density at radius 1 is 1.21 bits per heavy atom. The molecule has 1 fully saturated rings. The first kappa shape index (κ1) is 16.8. The monoisotopic (exact) mass is 325 g/mol. The summed E-state index contributed by atoms with van der Waals surface area (Å²) in [5, 5.41) is 3.35. The lowest BCUT2D eigenvalue weighted by molar-refractivity contribution is 0.248. The van der Waals surface area contributed by atoms with Crippen LogP contribution in [0, 0.1) is 6.92 Å². The summed E-state index contributed by atoms with van der Waals surface area (Å²) >= 11 is 0. The number of anilines is 2. The van der Waals surface area contributed by atoms with E-state index in [4.69, 9.17) is 9.97 Å². The molecule has 0 aromatic carbocycles. The Bertz CT molecular complexity index is 698. The van der Waals surface area contributed by atoms with Gasteiger partial charge in [-0.2, -0.15) is 0 Å². The maximum absolute atomic E-state index is 4.85. The first-order valence-corrected chi connectivity index (χ1v) is 8.78. The fourth-order valence-corrected chi connectivity index (χ4v) is 3.16. The Balaban J connectivity index is 1.90. The predicted octanol–water partition coefficient (Wildman–Crippen LogP) is 3.86. The average molecular weight is 325 g/mol. The molecule has 1 aliphatic heterocycles. The highest BCUT2D eigenvalue weighted by atomic mass is 15.1. The predicted molar refractivity (Wildman–Crippen MR) is 97.8 cm³/mol. The van der Waals surface area contributed by atoms with Crippen LogP contribution >= 0.6 is 0 Å². The summed E-state index contributed by atoms with van der Waals surface area (Å²) in [6.45, 7) is 8.59. The molecule has 1 atom stereocenters. The molecule has 24 heavy (non-hydrogen) atoms. The van der Waals surface area contributed by atoms with Crippen LogP contribution in [-0.2, 0) is 0 Å². The van der Waals surface area contributed by atoms with Gasteiger partial charge in [-0.05, 0) is 51.1 Å². The molecular formula is C19H27N5. The number of nitrogens with zero attached hydrogens (tertiary/aromatic N) is 4. The van der Waals surface area contributed by atoms with Crippen molar-refractivity contribution >= 4 is 11.6 Å². The summed E-state index contributed by atoms with van der Waals surface area (Å²) in [6.07, 6.45) is 4.24. The molecule has 0 aliphatic carbocycles. The van der Waals surface area contributed by atoms with Crippen molar-refractivity contribution in [3.63, 3.8) is 0 Å². The summed E-state index contributed by atoms with van der Waals surface area (Å²) in [7, 11) is 2.19. The number of aryl methyl sites for hydroxylation is 1. The second-order valence-electron chi connectivity index (χ2n) is 7.14. The summed E-state index contributed by atoms with van der Waals surface area (Å²) in [5.41, 5.74) is 2.33. The van der Waals surface area contributed by atoms with Crippen LogP contribution in [0.5, 0.6) is 0 Å². The smallest absolute Gasteiger partial charge is 0.135 e. The number of likely N-dealkylation sites (N-methyl/N-ethyl adjacent to an activating group) is 1. The molecule has 5 heteroatoms. The van der Waals surface area contributed by atoms with Gasteiger partial charge in [0.05, 0.1) is 5.69 Å². The number of nitrogens with one attached hydrogen (secondary N) is 1. The minimum atomic E-state index is 0.303. The number of pyridine rings is 1. The quantitative estimate of drug-likeness (QED) is 0.925. The molecule has 1 aliphatic rings. The average Bonchev–Trinajstić information content (AvgIpc) is 2.54. The van der Waals surface area contributed by atoms with Crippen molar-refractivity contribution in [2.24, 2.45) is 0 Å². The zero-order chi connectivity index (χ0) is 17.1. The molecule has 0 radical (unpaired) electrons. The van der Waals surface area contributed by atoms with Gasteiger partial charge in [-0.25, -0.2) is 15.0 Å². The molecule has 1 saturated heterocycles. The van der Waals surface area contributed by atoms with Gasteiger partial charge >= 0.3 is 0 Å². The normalized spacial score (nSPS) is 18.8. The standard InChI is InChI=1S/C19H27N5/c1-13(2)19-21-16(15-6-5-9-24(4)12-15)11-18(23-19)22-17-10-14(3)7-8-20-17/h7-8,10-11,13,15H,5-6,9,12H2,1-4H3,(H,20,21,22,23). The zero-order valence-corrected chi connectivity index (χ0v) is 15.1. The largest absolute Gasteiger partial charge is 0.325 e. The third kappa shape index (κ3) is 4.09. The Morgan fingerprint density at radius 3 is 2.75 bits per heavy atom. The molecule has 0 bridgehead atoms. The summed E-state index contributed by atoms with van der Waals surface area (Å²) in [6, 6.07) is 6.12. The maximum Gasteiger partial charge on any atom is 0.135 e. The molecule has 128 valence electrons. The molecule has 2 aromatic rings. The summed E-state index contributed by atoms with van der Waals surface area (Å²) < 4.78 is 0. The first-order valence-electron chi connectivity index (χ1n) is 8.78. The van der Waals surface area contributed by atoms with Crippen LogP contribution < -0.4 is 5.32 Å². The van der Waals surface area contributed by atoms with E-state index in [0.717, 1.165) is 29.7 Å². The molecule has 1 N–H and O–H groups in total. The van der Waals surface area contributed by atoms with Gasteiger partial charge in [0.25, 0.3) is 0 Å². The van der Waals surface area contributed by atoms with Crippen molar-refractivity contribution in [3.8, 4) is 0 Å². The molecular weight excluding hydrogens is 298 g/mol. The van der Waals surface area contributed by atoms with Gasteiger partial charge in [-0.3, -0.25) is 0 Å². The fourth-order valence-electron chi connectivity index (χ4n) is 3.16. The second kappa shape index (κ2) is 7.26. The molecule has 3 heterocycles. The molecule has 2 aromatic heterocycles. The minimum Gasteiger partial charge on any atom is -0.325 e. The van der Waals surface area contributed by atoms with E-state index in [1.165, 1.54) is 24.9 Å². The van der Waals surface area contributed by atoms with Crippen molar-refractivity contribution in [1.29, 1.82) is 0 Å². The number of piperidine rings is 1. The van der Waals surface area contributed by atoms with E-state index in [9.17, 15) is 0 Å². The van der Waals surface area contributed by atoms with E-state index in [2.05, 4.69) is 49.1 Å². The Hall–Kier alpha value is -2.01. The zero-order valence-electron chi connectivity index (χ0n) is 15.1. The molecule has 5 nitrogen and oxygen atoms in total. The lowest BCUT2D eigenvalue weighted by Gasteiger charge is -2.29. The van der Waals surface area contributed by atoms with Crippen LogP contribution in [0.1, 0.15) is 55.6 Å². The van der Waals surface area contributed by atoms with Gasteiger partial charge in [-0.15, -0.1) is 0 Å². The van der Waals surface area contributed by atoms with Crippen LogP contribution in [0.3, 0.4) is 0 Å². The van der Waals surface area contributed by atoms with Crippen molar-refractivity contribution < 1.29 is 0 Å². The SMILES string of the molecule is Cc1ccnc(Nc2cc(C3CCCN(C)C3)nc(C(C)C)n2)c1. The van der Waals surface area contributed by atoms with Crippen molar-refractivity contribution in [1.82, 2.24) is 19.9 Å². The lowest BCUT2D eigenvalue weighted by atomic mass is 9.94. The van der Waals surface area contributed by atoms with Crippen LogP contribution in [0.25, 0.3) is 0 Å². The third-order valence-corrected chi connectivity index (χ3v) is 4.49. The van der Waals surface area contributed by atoms with Gasteiger partial charge in [0.1, 0.15) is 17.5 Å². The van der Waals surface area contributed by atoms with Crippen molar-refractivity contribution in [3.05, 3.63) is 41.5 Å². The van der Waals surface area contributed by atoms with E-state index in [1.54, 1.807) is 0 Å². The number of rotatable bonds is 4. The van der Waals surface area contributed by atoms with Gasteiger partial charge in [-0.1, -0.05) is 13.8 Å². The molecule has 0 spiro atoms. The lowest BCUT2D eigenvalue weighted by Crippen LogP contribution is -2.31. The Morgan fingerprint density at radius 2 is 2.04 bits per heavy atom. The van der Waals surface area contributed by atoms with Crippen molar-refractivity contribution in [2.45, 2.75) is 45.4 Å². The summed E-state index contributed by atoms with van der Waals surface area (Å²) in [4.78, 5) is 16.3. The van der Waals surface area contributed by atoms with E-state index >= 15 is 0 Å². The number of hydrogen-bond donors (Lipinski definition) is 1. The minimum absolute atomic E-state index is 0.303. The van der Waals surface area contributed by atoms with Gasteiger partial charge in [0.2, 0.25) is 0 Å². The molecule has 0 amide bonds. The number of hydrogen-bond acceptors (Lipinski definition) is 5. The van der Waals surface area contributed by atoms with E-state index in [0.29, 0.717) is 11.8 Å². The fraction of sp³-hybridized carbons (Fsp3) is 0.526. The molecule has 0 saturated carbocycles. The molecule has 1 unspecified atom stereocenters. The van der Waals surface area contributed by atoms with Gasteiger partial charge in [0, 0.05) is 30.6 Å². The van der Waals surface area contributed by atoms with Gasteiger partial charge in [0.15, 0.2) is 0 Å². The second-order valence-corrected chi connectivity index (χ2v) is 7.14. The maximum atomic E-state index is 4.85. The van der Waals surface area contributed by atoms with E-state index in [1.807, 2.05) is 18.3 Å². The third-order valence-electron chi connectivity index (χ3n) is 4.49. The highest BCUT2D eigenvalue weighted by Crippen LogP contribution is 2.28. The highest BCUT2D eigenvalue weighted by molar-refractivity contribution is 5.53. The topological polar surface area (TPSA) is 53.9 Å². The van der Waals surface area contributed by atoms with E-state index in [-0.39, 0.29) is 0 Å². The highest BCUT2D eigenvalue weighted by Gasteiger charge is 2.22. The molecule has 3 rings (SSSR count). The number of likely N-dealkylation sites (tertiary alicyclic amines) is 1. The Labute approximate surface area is 144 Å². The van der Waals surface area contributed by atoms with Crippen LogP contribution in [0.2, 0.25) is 0 Å². The van der Waals surface area contributed by atoms with Crippen LogP contribution in [-0.4, -0.2) is 40.0 Å². The van der Waals surface area contributed by atoms with Crippen LogP contribution in [0.15, 0.2) is 24.4 Å². The van der Waals surface area contributed by atoms with Gasteiger partial charge < -0.3 is 10.2 Å². The number of aromatic nitrogens is 3.